The number of nitrogens with one attached hydrogen (secondary N) is 1. The minimum absolute atomic E-state index is 0.0879. The molecular formula is C19H26N4O2. The highest BCUT2D eigenvalue weighted by Crippen LogP contribution is 2.14. The Labute approximate surface area is 148 Å². The quantitative estimate of drug-likeness (QED) is 0.870. The number of aromatic nitrogens is 2. The number of hydrogen-bond donors (Lipinski definition) is 1. The van der Waals surface area contributed by atoms with E-state index in [1.54, 1.807) is 11.6 Å². The molecule has 0 bridgehead atoms. The van der Waals surface area contributed by atoms with Crippen molar-refractivity contribution >= 4 is 5.91 Å². The van der Waals surface area contributed by atoms with E-state index in [0.29, 0.717) is 12.2 Å². The van der Waals surface area contributed by atoms with Crippen molar-refractivity contribution in [1.29, 1.82) is 0 Å². The van der Waals surface area contributed by atoms with Gasteiger partial charge >= 0.3 is 0 Å². The number of amides is 1. The molecule has 1 aromatic carbocycles. The van der Waals surface area contributed by atoms with Gasteiger partial charge in [0, 0.05) is 24.8 Å². The summed E-state index contributed by atoms with van der Waals surface area (Å²) in [6, 6.07) is 10.9. The van der Waals surface area contributed by atoms with E-state index in [0.717, 1.165) is 12.2 Å². The van der Waals surface area contributed by atoms with Gasteiger partial charge in [-0.1, -0.05) is 32.0 Å². The summed E-state index contributed by atoms with van der Waals surface area (Å²) >= 11 is 0. The molecule has 0 spiro atoms. The van der Waals surface area contributed by atoms with Crippen LogP contribution in [0.1, 0.15) is 30.0 Å². The highest BCUT2D eigenvalue weighted by atomic mass is 16.2. The fraction of sp³-hybridized carbons (Fsp3) is 0.421. The molecule has 1 heterocycles. The van der Waals surface area contributed by atoms with Gasteiger partial charge in [-0.3, -0.25) is 9.59 Å². The maximum Gasteiger partial charge on any atom is 0.275 e. The van der Waals surface area contributed by atoms with Crippen LogP contribution in [0, 0.1) is 12.3 Å². The summed E-state index contributed by atoms with van der Waals surface area (Å²) in [7, 11) is 3.98. The molecule has 0 radical (unpaired) electrons. The first-order valence-electron chi connectivity index (χ1n) is 8.29. The van der Waals surface area contributed by atoms with Crippen molar-refractivity contribution in [2.24, 2.45) is 5.41 Å². The van der Waals surface area contributed by atoms with Crippen LogP contribution in [0.15, 0.2) is 41.2 Å². The molecule has 134 valence electrons. The van der Waals surface area contributed by atoms with Crippen molar-refractivity contribution in [3.05, 3.63) is 58.0 Å². The number of rotatable bonds is 6. The zero-order valence-electron chi connectivity index (χ0n) is 15.5. The second-order valence-electron chi connectivity index (χ2n) is 7.33. The maximum absolute atomic E-state index is 12.5. The Hall–Kier alpha value is -2.47. The lowest BCUT2D eigenvalue weighted by Crippen LogP contribution is -2.41. The number of carbonyl (C=O) groups excluding carboxylic acids is 1. The third-order valence-electron chi connectivity index (χ3n) is 3.80. The summed E-state index contributed by atoms with van der Waals surface area (Å²) in [6.45, 7) is 7.21. The number of nitrogens with zero attached hydrogens (tertiary/aromatic N) is 3. The second-order valence-corrected chi connectivity index (χ2v) is 7.33. The van der Waals surface area contributed by atoms with Crippen molar-refractivity contribution in [3.63, 3.8) is 0 Å². The monoisotopic (exact) mass is 342 g/mol. The smallest absolute Gasteiger partial charge is 0.275 e. The van der Waals surface area contributed by atoms with Gasteiger partial charge in [0.05, 0.1) is 5.69 Å². The SMILES string of the molecule is Cc1cc(=O)c(C(=O)NCC(C)(C)CN(C)C)nn1-c1ccccc1. The fourth-order valence-electron chi connectivity index (χ4n) is 2.85. The van der Waals surface area contributed by atoms with Crippen molar-refractivity contribution in [1.82, 2.24) is 20.0 Å². The number of carbonyl (C=O) groups is 1. The van der Waals surface area contributed by atoms with E-state index in [9.17, 15) is 9.59 Å². The highest BCUT2D eigenvalue weighted by Gasteiger charge is 2.22. The molecule has 0 saturated carbocycles. The summed E-state index contributed by atoms with van der Waals surface area (Å²) in [6.07, 6.45) is 0. The molecule has 1 aromatic heterocycles. The summed E-state index contributed by atoms with van der Waals surface area (Å²) in [4.78, 5) is 26.8. The molecule has 0 atom stereocenters. The van der Waals surface area contributed by atoms with Gasteiger partial charge in [-0.05, 0) is 38.6 Å². The standard InChI is InChI=1S/C19H26N4O2/c1-14-11-16(24)17(21-23(14)15-9-7-6-8-10-15)18(25)20-12-19(2,3)13-22(4)5/h6-11H,12-13H2,1-5H3,(H,20,25). The number of hydrogen-bond acceptors (Lipinski definition) is 4. The molecular weight excluding hydrogens is 316 g/mol. The van der Waals surface area contributed by atoms with Crippen LogP contribution in [0.3, 0.4) is 0 Å². The Morgan fingerprint density at radius 2 is 1.88 bits per heavy atom. The first kappa shape index (κ1) is 18.9. The molecule has 6 nitrogen and oxygen atoms in total. The van der Waals surface area contributed by atoms with Gasteiger partial charge in [-0.15, -0.1) is 0 Å². The first-order valence-corrected chi connectivity index (χ1v) is 8.29. The number of para-hydroxylation sites is 1. The van der Waals surface area contributed by atoms with E-state index in [1.807, 2.05) is 44.4 Å². The van der Waals surface area contributed by atoms with E-state index < -0.39 is 5.91 Å². The zero-order chi connectivity index (χ0) is 18.6. The third-order valence-corrected chi connectivity index (χ3v) is 3.80. The predicted octanol–water partition coefficient (Wildman–Crippen LogP) is 1.86. The van der Waals surface area contributed by atoms with Crippen molar-refractivity contribution in [3.8, 4) is 5.69 Å². The second kappa shape index (κ2) is 7.61. The van der Waals surface area contributed by atoms with E-state index in [-0.39, 0.29) is 16.5 Å². The summed E-state index contributed by atoms with van der Waals surface area (Å²) in [5.74, 6) is -0.443. The van der Waals surface area contributed by atoms with Crippen molar-refractivity contribution < 1.29 is 4.79 Å². The predicted molar refractivity (Wildman–Crippen MR) is 99.2 cm³/mol. The van der Waals surface area contributed by atoms with Crippen LogP contribution >= 0.6 is 0 Å². The Bertz CT molecular complexity index is 795. The van der Waals surface area contributed by atoms with Crippen LogP contribution < -0.4 is 10.7 Å². The zero-order valence-corrected chi connectivity index (χ0v) is 15.5. The lowest BCUT2D eigenvalue weighted by molar-refractivity contribution is 0.0921. The molecule has 0 aliphatic rings. The molecule has 0 aliphatic heterocycles. The Kier molecular flexibility index (Phi) is 5.74. The van der Waals surface area contributed by atoms with Crippen LogP contribution in [-0.2, 0) is 0 Å². The summed E-state index contributed by atoms with van der Waals surface area (Å²) in [5.41, 5.74) is 0.924. The molecule has 0 unspecified atom stereocenters. The van der Waals surface area contributed by atoms with E-state index in [1.165, 1.54) is 6.07 Å². The molecule has 2 rings (SSSR count). The summed E-state index contributed by atoms with van der Waals surface area (Å²) < 4.78 is 1.61. The molecule has 1 N–H and O–H groups in total. The lowest BCUT2D eigenvalue weighted by atomic mass is 9.93. The Balaban J connectivity index is 2.24. The Morgan fingerprint density at radius 3 is 2.48 bits per heavy atom. The average molecular weight is 342 g/mol. The topological polar surface area (TPSA) is 67.2 Å². The molecule has 0 fully saturated rings. The van der Waals surface area contributed by atoms with E-state index in [4.69, 9.17) is 0 Å². The van der Waals surface area contributed by atoms with Gasteiger partial charge in [-0.25, -0.2) is 4.68 Å². The van der Waals surface area contributed by atoms with Crippen LogP contribution in [0.2, 0.25) is 0 Å². The normalized spacial score (nSPS) is 11.6. The minimum atomic E-state index is -0.443. The largest absolute Gasteiger partial charge is 0.350 e. The molecule has 0 aliphatic carbocycles. The molecule has 2 aromatic rings. The van der Waals surface area contributed by atoms with Crippen LogP contribution in [-0.4, -0.2) is 47.8 Å². The van der Waals surface area contributed by atoms with Crippen LogP contribution in [0.25, 0.3) is 5.69 Å². The van der Waals surface area contributed by atoms with Gasteiger partial charge < -0.3 is 10.2 Å². The van der Waals surface area contributed by atoms with Gasteiger partial charge in [0.15, 0.2) is 5.69 Å². The van der Waals surface area contributed by atoms with Gasteiger partial charge in [0.25, 0.3) is 5.91 Å². The van der Waals surface area contributed by atoms with Crippen molar-refractivity contribution in [2.45, 2.75) is 20.8 Å². The van der Waals surface area contributed by atoms with E-state index in [2.05, 4.69) is 29.2 Å². The van der Waals surface area contributed by atoms with E-state index >= 15 is 0 Å². The van der Waals surface area contributed by atoms with Gasteiger partial charge in [0.2, 0.25) is 5.43 Å². The van der Waals surface area contributed by atoms with Gasteiger partial charge in [-0.2, -0.15) is 5.10 Å². The fourth-order valence-corrected chi connectivity index (χ4v) is 2.85. The highest BCUT2D eigenvalue weighted by molar-refractivity contribution is 5.92. The maximum atomic E-state index is 12.5. The lowest BCUT2D eigenvalue weighted by Gasteiger charge is -2.28. The molecule has 6 heteroatoms. The Morgan fingerprint density at radius 1 is 1.24 bits per heavy atom. The third kappa shape index (κ3) is 5.00. The summed E-state index contributed by atoms with van der Waals surface area (Å²) in [5, 5.41) is 7.13. The number of aryl methyl sites for hydroxylation is 1. The molecule has 1 amide bonds. The van der Waals surface area contributed by atoms with Crippen molar-refractivity contribution in [2.75, 3.05) is 27.2 Å². The average Bonchev–Trinajstić information content (AvgIpc) is 2.52. The minimum Gasteiger partial charge on any atom is -0.350 e. The van der Waals surface area contributed by atoms with Crippen LogP contribution in [0.4, 0.5) is 0 Å². The first-order chi connectivity index (χ1) is 11.7. The molecule has 0 saturated heterocycles. The number of benzene rings is 1. The van der Waals surface area contributed by atoms with Gasteiger partial charge in [0.1, 0.15) is 0 Å². The molecule has 25 heavy (non-hydrogen) atoms. The van der Waals surface area contributed by atoms with Crippen LogP contribution in [0.5, 0.6) is 0 Å².